The Kier molecular flexibility index (Phi) is 3.63. The summed E-state index contributed by atoms with van der Waals surface area (Å²) in [5.74, 6) is -3.71. The molecule has 0 spiro atoms. The number of aliphatic carboxylic acids is 1. The lowest BCUT2D eigenvalue weighted by Crippen LogP contribution is -2.44. The minimum atomic E-state index is -1.34. The number of hydrogen-bond donors (Lipinski definition) is 4. The number of aliphatic hydroxyl groups is 3. The predicted octanol–water partition coefficient (Wildman–Crippen LogP) is -0.851. The second kappa shape index (κ2) is 5.06. The van der Waals surface area contributed by atoms with E-state index in [0.717, 1.165) is 0 Å². The van der Waals surface area contributed by atoms with Crippen molar-refractivity contribution >= 4 is 11.9 Å². The minimum absolute atomic E-state index is 0.0632. The number of rotatable bonds is 4. The lowest BCUT2D eigenvalue weighted by molar-refractivity contribution is -0.149. The fourth-order valence-corrected chi connectivity index (χ4v) is 2.39. The summed E-state index contributed by atoms with van der Waals surface area (Å²) in [5, 5.41) is 37.4. The summed E-state index contributed by atoms with van der Waals surface area (Å²) in [7, 11) is 0. The van der Waals surface area contributed by atoms with Gasteiger partial charge in [0.2, 0.25) is 5.76 Å². The van der Waals surface area contributed by atoms with Gasteiger partial charge in [0.05, 0.1) is 0 Å². The van der Waals surface area contributed by atoms with Crippen molar-refractivity contribution in [2.75, 3.05) is 13.1 Å². The maximum Gasteiger partial charge on any atom is 0.377 e. The Morgan fingerprint density at radius 2 is 2.16 bits per heavy atom. The van der Waals surface area contributed by atoms with Gasteiger partial charge in [-0.3, -0.25) is 9.69 Å². The topological polar surface area (TPSA) is 128 Å². The number of carbonyl (C=O) groups is 2. The Balaban J connectivity index is 2.00. The fraction of sp³-hybridized carbons (Fsp3) is 0.636. The van der Waals surface area contributed by atoms with Gasteiger partial charge in [0, 0.05) is 6.54 Å². The SMILES string of the molecule is O=C1O[C@H]([C@@H](O)CN2CCC[C@@H]2C(=O)O)C(O)=C1O. The van der Waals surface area contributed by atoms with E-state index in [1.165, 1.54) is 0 Å². The predicted molar refractivity (Wildman–Crippen MR) is 60.4 cm³/mol. The van der Waals surface area contributed by atoms with Gasteiger partial charge in [0.1, 0.15) is 12.1 Å². The summed E-state index contributed by atoms with van der Waals surface area (Å²) in [6.45, 7) is 0.442. The lowest BCUT2D eigenvalue weighted by atomic mass is 10.1. The maximum atomic E-state index is 11.0. The van der Waals surface area contributed by atoms with Crippen molar-refractivity contribution in [3.63, 3.8) is 0 Å². The molecule has 8 heteroatoms. The Labute approximate surface area is 108 Å². The molecule has 0 amide bonds. The molecule has 2 aliphatic rings. The molecule has 0 aliphatic carbocycles. The third kappa shape index (κ3) is 2.49. The van der Waals surface area contributed by atoms with Crippen LogP contribution in [0.3, 0.4) is 0 Å². The number of aliphatic hydroxyl groups excluding tert-OH is 3. The summed E-state index contributed by atoms with van der Waals surface area (Å²) in [5.41, 5.74) is 0. The Morgan fingerprint density at radius 3 is 2.68 bits per heavy atom. The Hall–Kier alpha value is -1.80. The first kappa shape index (κ1) is 13.6. The van der Waals surface area contributed by atoms with Gasteiger partial charge < -0.3 is 25.2 Å². The molecule has 8 nitrogen and oxygen atoms in total. The summed E-state index contributed by atoms with van der Waals surface area (Å²) in [6, 6.07) is -0.688. The van der Waals surface area contributed by atoms with Gasteiger partial charge in [-0.2, -0.15) is 0 Å². The van der Waals surface area contributed by atoms with Crippen molar-refractivity contribution in [3.8, 4) is 0 Å². The first-order valence-electron chi connectivity index (χ1n) is 5.89. The average Bonchev–Trinajstić information content (AvgIpc) is 2.90. The molecule has 106 valence electrons. The average molecular weight is 273 g/mol. The van der Waals surface area contributed by atoms with Crippen LogP contribution < -0.4 is 0 Å². The van der Waals surface area contributed by atoms with Crippen LogP contribution in [0, 0.1) is 0 Å². The zero-order chi connectivity index (χ0) is 14.2. The van der Waals surface area contributed by atoms with Crippen LogP contribution in [-0.2, 0) is 14.3 Å². The number of ether oxygens (including phenoxy) is 1. The molecule has 2 heterocycles. The number of cyclic esters (lactones) is 1. The zero-order valence-electron chi connectivity index (χ0n) is 10.0. The molecule has 0 aromatic rings. The van der Waals surface area contributed by atoms with E-state index in [0.29, 0.717) is 19.4 Å². The highest BCUT2D eigenvalue weighted by Gasteiger charge is 2.41. The maximum absolute atomic E-state index is 11.0. The van der Waals surface area contributed by atoms with Gasteiger partial charge in [0.15, 0.2) is 11.9 Å². The van der Waals surface area contributed by atoms with Gasteiger partial charge in [-0.25, -0.2) is 4.79 Å². The largest absolute Gasteiger partial charge is 0.505 e. The number of β-amino-alcohol motifs (C(OH)–C–C–N with tert-alkyl or cyclic N) is 1. The van der Waals surface area contributed by atoms with Crippen LogP contribution in [0.1, 0.15) is 12.8 Å². The van der Waals surface area contributed by atoms with Crippen LogP contribution >= 0.6 is 0 Å². The van der Waals surface area contributed by atoms with E-state index in [4.69, 9.17) is 10.2 Å². The van der Waals surface area contributed by atoms with E-state index >= 15 is 0 Å². The molecule has 0 saturated carbocycles. The highest BCUT2D eigenvalue weighted by Crippen LogP contribution is 2.24. The van der Waals surface area contributed by atoms with Gasteiger partial charge >= 0.3 is 11.9 Å². The van der Waals surface area contributed by atoms with Crippen molar-refractivity contribution in [1.29, 1.82) is 0 Å². The van der Waals surface area contributed by atoms with Gasteiger partial charge in [0.25, 0.3) is 0 Å². The van der Waals surface area contributed by atoms with Crippen molar-refractivity contribution in [3.05, 3.63) is 11.5 Å². The second-order valence-corrected chi connectivity index (χ2v) is 4.62. The number of carboxylic acid groups (broad SMARTS) is 1. The number of likely N-dealkylation sites (tertiary alicyclic amines) is 1. The molecule has 1 saturated heterocycles. The molecular weight excluding hydrogens is 258 g/mol. The molecule has 0 aromatic heterocycles. The fourth-order valence-electron chi connectivity index (χ4n) is 2.39. The summed E-state index contributed by atoms with van der Waals surface area (Å²) in [6.07, 6.45) is -1.46. The standard InChI is InChI=1S/C11H15NO7/c13-6(9-7(14)8(15)11(18)19-9)4-12-3-1-2-5(12)10(16)17/h5-6,9,13-15H,1-4H2,(H,16,17)/t5-,6+,9-/m1/s1. The van der Waals surface area contributed by atoms with Crippen LogP contribution in [0.25, 0.3) is 0 Å². The number of carbonyl (C=O) groups excluding carboxylic acids is 1. The van der Waals surface area contributed by atoms with Crippen LogP contribution in [0.4, 0.5) is 0 Å². The second-order valence-electron chi connectivity index (χ2n) is 4.62. The minimum Gasteiger partial charge on any atom is -0.505 e. The number of hydrogen-bond acceptors (Lipinski definition) is 7. The smallest absolute Gasteiger partial charge is 0.377 e. The number of carboxylic acids is 1. The molecule has 2 aliphatic heterocycles. The molecule has 3 atom stereocenters. The van der Waals surface area contributed by atoms with Crippen molar-refractivity contribution < 1.29 is 34.8 Å². The molecule has 4 N–H and O–H groups in total. The van der Waals surface area contributed by atoms with Crippen LogP contribution in [0.2, 0.25) is 0 Å². The lowest BCUT2D eigenvalue weighted by Gasteiger charge is -2.26. The molecule has 0 unspecified atom stereocenters. The number of nitrogens with zero attached hydrogens (tertiary/aromatic N) is 1. The highest BCUT2D eigenvalue weighted by atomic mass is 16.6. The van der Waals surface area contributed by atoms with Gasteiger partial charge in [-0.15, -0.1) is 0 Å². The summed E-state index contributed by atoms with van der Waals surface area (Å²) < 4.78 is 4.62. The number of esters is 1. The quantitative estimate of drug-likeness (QED) is 0.488. The third-order valence-corrected chi connectivity index (χ3v) is 3.36. The highest BCUT2D eigenvalue weighted by molar-refractivity contribution is 5.89. The summed E-state index contributed by atoms with van der Waals surface area (Å²) >= 11 is 0. The molecule has 2 rings (SSSR count). The van der Waals surface area contributed by atoms with Crippen LogP contribution in [0.5, 0.6) is 0 Å². The van der Waals surface area contributed by atoms with Crippen LogP contribution in [0.15, 0.2) is 11.5 Å². The Bertz CT molecular complexity index is 433. The van der Waals surface area contributed by atoms with E-state index in [1.54, 1.807) is 4.90 Å². The van der Waals surface area contributed by atoms with E-state index in [2.05, 4.69) is 4.74 Å². The van der Waals surface area contributed by atoms with E-state index in [-0.39, 0.29) is 6.54 Å². The summed E-state index contributed by atoms with van der Waals surface area (Å²) in [4.78, 5) is 23.5. The van der Waals surface area contributed by atoms with E-state index in [1.807, 2.05) is 0 Å². The third-order valence-electron chi connectivity index (χ3n) is 3.36. The van der Waals surface area contributed by atoms with Crippen molar-refractivity contribution in [2.45, 2.75) is 31.1 Å². The Morgan fingerprint density at radius 1 is 1.47 bits per heavy atom. The first-order valence-corrected chi connectivity index (χ1v) is 5.89. The molecule has 0 aromatic carbocycles. The normalized spacial score (nSPS) is 29.6. The molecule has 1 fully saturated rings. The molecule has 0 bridgehead atoms. The van der Waals surface area contributed by atoms with E-state index < -0.39 is 41.7 Å². The first-order chi connectivity index (χ1) is 8.91. The van der Waals surface area contributed by atoms with Gasteiger partial charge in [-0.05, 0) is 19.4 Å². The van der Waals surface area contributed by atoms with Gasteiger partial charge in [-0.1, -0.05) is 0 Å². The molecule has 19 heavy (non-hydrogen) atoms. The molecule has 0 radical (unpaired) electrons. The van der Waals surface area contributed by atoms with Crippen LogP contribution in [-0.4, -0.2) is 68.6 Å². The zero-order valence-corrected chi connectivity index (χ0v) is 10.0. The molecular formula is C11H15NO7. The van der Waals surface area contributed by atoms with Crippen molar-refractivity contribution in [1.82, 2.24) is 4.90 Å². The monoisotopic (exact) mass is 273 g/mol. The van der Waals surface area contributed by atoms with Crippen molar-refractivity contribution in [2.24, 2.45) is 0 Å². The van der Waals surface area contributed by atoms with E-state index in [9.17, 15) is 19.8 Å².